The largest absolute Gasteiger partial charge is 0.321 e. The first-order valence-electron chi connectivity index (χ1n) is 10.4. The molecular formula is C25H20F2N6. The van der Waals surface area contributed by atoms with Crippen LogP contribution in [0.1, 0.15) is 28.7 Å². The number of fused-ring (bicyclic) bond motifs is 1. The third-order valence-electron chi connectivity index (χ3n) is 5.38. The number of halogens is 2. The number of nitrogens with one attached hydrogen (secondary N) is 2. The molecule has 6 nitrogen and oxygen atoms in total. The number of aromatic nitrogens is 5. The molecule has 0 bridgehead atoms. The van der Waals surface area contributed by atoms with E-state index in [2.05, 4.69) is 25.4 Å². The number of rotatable bonds is 6. The lowest BCUT2D eigenvalue weighted by atomic mass is 10.1. The number of hydrogen-bond donors (Lipinski definition) is 3. The highest BCUT2D eigenvalue weighted by molar-refractivity contribution is 5.92. The van der Waals surface area contributed by atoms with Crippen LogP contribution in [0.5, 0.6) is 0 Å². The molecule has 0 aliphatic heterocycles. The van der Waals surface area contributed by atoms with Crippen LogP contribution in [0.4, 0.5) is 8.78 Å². The Kier molecular flexibility index (Phi) is 5.50. The number of hydrogen-bond acceptors (Lipinski definition) is 4. The van der Waals surface area contributed by atoms with Gasteiger partial charge in [-0.2, -0.15) is 10.2 Å². The SMILES string of the molecule is N[C@@H](Cc1ccccc1)c1nc(-c2cc3c(/C=C/c4ccc(F)cc4)n[nH]c3cc2F)n[nH]1. The average molecular weight is 442 g/mol. The lowest BCUT2D eigenvalue weighted by Crippen LogP contribution is -2.15. The molecule has 0 unspecified atom stereocenters. The zero-order valence-corrected chi connectivity index (χ0v) is 17.5. The lowest BCUT2D eigenvalue weighted by molar-refractivity contribution is 0.627. The fourth-order valence-corrected chi connectivity index (χ4v) is 3.63. The van der Waals surface area contributed by atoms with Gasteiger partial charge in [-0.15, -0.1) is 0 Å². The number of nitrogens with two attached hydrogens (primary N) is 1. The van der Waals surface area contributed by atoms with Crippen LogP contribution in [0, 0.1) is 11.6 Å². The van der Waals surface area contributed by atoms with Gasteiger partial charge in [0.2, 0.25) is 0 Å². The molecule has 0 radical (unpaired) electrons. The Balaban J connectivity index is 1.43. The average Bonchev–Trinajstić information content (AvgIpc) is 3.46. The van der Waals surface area contributed by atoms with E-state index >= 15 is 0 Å². The molecule has 3 aromatic carbocycles. The minimum Gasteiger partial charge on any atom is -0.321 e. The fourth-order valence-electron chi connectivity index (χ4n) is 3.63. The van der Waals surface area contributed by atoms with Gasteiger partial charge in [0.1, 0.15) is 17.5 Å². The molecule has 4 N–H and O–H groups in total. The Hall–Kier alpha value is -4.17. The summed E-state index contributed by atoms with van der Waals surface area (Å²) in [5.74, 6) is -0.0613. The fraction of sp³-hybridized carbons (Fsp3) is 0.0800. The number of nitrogens with zero attached hydrogens (tertiary/aromatic N) is 3. The van der Waals surface area contributed by atoms with Crippen LogP contribution in [0.3, 0.4) is 0 Å². The van der Waals surface area contributed by atoms with Crippen LogP contribution >= 0.6 is 0 Å². The van der Waals surface area contributed by atoms with Crippen molar-refractivity contribution in [2.45, 2.75) is 12.5 Å². The maximum absolute atomic E-state index is 14.8. The summed E-state index contributed by atoms with van der Waals surface area (Å²) >= 11 is 0. The normalized spacial score (nSPS) is 12.6. The van der Waals surface area contributed by atoms with E-state index in [4.69, 9.17) is 5.73 Å². The molecule has 0 aliphatic carbocycles. The molecule has 0 fully saturated rings. The Morgan fingerprint density at radius 1 is 0.909 bits per heavy atom. The van der Waals surface area contributed by atoms with Crippen molar-refractivity contribution in [1.82, 2.24) is 25.4 Å². The molecule has 5 rings (SSSR count). The van der Waals surface area contributed by atoms with Gasteiger partial charge in [0, 0.05) is 11.5 Å². The molecule has 0 saturated carbocycles. The molecule has 0 aliphatic rings. The molecule has 8 heteroatoms. The van der Waals surface area contributed by atoms with Gasteiger partial charge < -0.3 is 5.73 Å². The second-order valence-corrected chi connectivity index (χ2v) is 7.71. The van der Waals surface area contributed by atoms with Crippen LogP contribution in [0.15, 0.2) is 66.7 Å². The van der Waals surface area contributed by atoms with Crippen LogP contribution < -0.4 is 5.73 Å². The second kappa shape index (κ2) is 8.76. The zero-order valence-electron chi connectivity index (χ0n) is 17.5. The maximum atomic E-state index is 14.8. The topological polar surface area (TPSA) is 96.3 Å². The zero-order chi connectivity index (χ0) is 22.8. The first-order chi connectivity index (χ1) is 16.1. The van der Waals surface area contributed by atoms with E-state index in [0.717, 1.165) is 11.1 Å². The van der Waals surface area contributed by atoms with Crippen molar-refractivity contribution in [3.8, 4) is 11.4 Å². The Morgan fingerprint density at radius 3 is 2.48 bits per heavy atom. The summed E-state index contributed by atoms with van der Waals surface area (Å²) in [6.07, 6.45) is 4.18. The van der Waals surface area contributed by atoms with E-state index < -0.39 is 11.9 Å². The number of benzene rings is 3. The highest BCUT2D eigenvalue weighted by atomic mass is 19.1. The van der Waals surface area contributed by atoms with Gasteiger partial charge in [0.15, 0.2) is 5.82 Å². The Bertz CT molecular complexity index is 1420. The van der Waals surface area contributed by atoms with E-state index in [9.17, 15) is 8.78 Å². The predicted molar refractivity (Wildman–Crippen MR) is 124 cm³/mol. The quantitative estimate of drug-likeness (QED) is 0.343. The predicted octanol–water partition coefficient (Wildman–Crippen LogP) is 5.04. The molecule has 2 aromatic heterocycles. The van der Waals surface area contributed by atoms with Crippen molar-refractivity contribution in [3.63, 3.8) is 0 Å². The summed E-state index contributed by atoms with van der Waals surface area (Å²) in [5, 5.41) is 14.8. The first-order valence-corrected chi connectivity index (χ1v) is 10.4. The van der Waals surface area contributed by atoms with Gasteiger partial charge in [-0.1, -0.05) is 48.5 Å². The van der Waals surface area contributed by atoms with Crippen molar-refractivity contribution in [1.29, 1.82) is 0 Å². The van der Waals surface area contributed by atoms with Crippen molar-refractivity contribution in [3.05, 3.63) is 101 Å². The van der Waals surface area contributed by atoms with E-state index in [-0.39, 0.29) is 17.2 Å². The van der Waals surface area contributed by atoms with E-state index in [0.29, 0.717) is 28.8 Å². The van der Waals surface area contributed by atoms with Crippen molar-refractivity contribution in [2.24, 2.45) is 5.73 Å². The van der Waals surface area contributed by atoms with Crippen LogP contribution in [-0.2, 0) is 6.42 Å². The lowest BCUT2D eigenvalue weighted by Gasteiger charge is -2.07. The standard InChI is InChI=1S/C25H20F2N6/c26-17-9-6-15(7-10-17)8-11-22-19-13-18(20(27)14-23(19)31-30-22)24-29-25(33-32-24)21(28)12-16-4-2-1-3-5-16/h1-11,13-14,21H,12,28H2,(H,30,31)(H,29,32,33)/b11-8+/t21-/m0/s1. The van der Waals surface area contributed by atoms with Crippen LogP contribution in [-0.4, -0.2) is 25.4 Å². The van der Waals surface area contributed by atoms with Crippen LogP contribution in [0.2, 0.25) is 0 Å². The maximum Gasteiger partial charge on any atom is 0.184 e. The third kappa shape index (κ3) is 4.42. The van der Waals surface area contributed by atoms with Gasteiger partial charge in [0.05, 0.1) is 22.8 Å². The molecule has 2 heterocycles. The van der Waals surface area contributed by atoms with E-state index in [1.54, 1.807) is 24.3 Å². The van der Waals surface area contributed by atoms with E-state index in [1.165, 1.54) is 18.2 Å². The van der Waals surface area contributed by atoms with Gasteiger partial charge in [-0.3, -0.25) is 10.2 Å². The summed E-state index contributed by atoms with van der Waals surface area (Å²) in [4.78, 5) is 4.44. The third-order valence-corrected chi connectivity index (χ3v) is 5.38. The molecular weight excluding hydrogens is 422 g/mol. The van der Waals surface area contributed by atoms with Gasteiger partial charge in [-0.25, -0.2) is 13.8 Å². The van der Waals surface area contributed by atoms with Crippen molar-refractivity contribution < 1.29 is 8.78 Å². The molecule has 33 heavy (non-hydrogen) atoms. The van der Waals surface area contributed by atoms with Gasteiger partial charge in [-0.05, 0) is 41.8 Å². The summed E-state index contributed by atoms with van der Waals surface area (Å²) in [5.41, 5.74) is 9.59. The minimum absolute atomic E-state index is 0.225. The van der Waals surface area contributed by atoms with Gasteiger partial charge in [0.25, 0.3) is 0 Å². The van der Waals surface area contributed by atoms with Crippen molar-refractivity contribution >= 4 is 23.1 Å². The second-order valence-electron chi connectivity index (χ2n) is 7.71. The van der Waals surface area contributed by atoms with Crippen molar-refractivity contribution in [2.75, 3.05) is 0 Å². The summed E-state index contributed by atoms with van der Waals surface area (Å²) in [6, 6.07) is 18.6. The first kappa shape index (κ1) is 20.7. The monoisotopic (exact) mass is 442 g/mol. The number of aromatic amines is 2. The smallest absolute Gasteiger partial charge is 0.184 e. The highest BCUT2D eigenvalue weighted by Crippen LogP contribution is 2.28. The summed E-state index contributed by atoms with van der Waals surface area (Å²) < 4.78 is 27.9. The molecule has 1 atom stereocenters. The summed E-state index contributed by atoms with van der Waals surface area (Å²) in [7, 11) is 0. The minimum atomic E-state index is -0.470. The van der Waals surface area contributed by atoms with Gasteiger partial charge >= 0.3 is 0 Å². The molecule has 0 spiro atoms. The molecule has 0 amide bonds. The molecule has 0 saturated heterocycles. The molecule has 5 aromatic rings. The van der Waals surface area contributed by atoms with E-state index in [1.807, 2.05) is 36.4 Å². The summed E-state index contributed by atoms with van der Waals surface area (Å²) in [6.45, 7) is 0. The Morgan fingerprint density at radius 2 is 1.70 bits per heavy atom. The molecule has 164 valence electrons. The highest BCUT2D eigenvalue weighted by Gasteiger charge is 2.18. The van der Waals surface area contributed by atoms with Crippen LogP contribution in [0.25, 0.3) is 34.4 Å². The number of H-pyrrole nitrogens is 2. The Labute approximate surface area is 188 Å².